The number of amides is 1. The number of rotatable bonds is 5. The Bertz CT molecular complexity index is 337. The van der Waals surface area contributed by atoms with Crippen molar-refractivity contribution < 1.29 is 9.53 Å². The molecule has 0 aliphatic rings. The zero-order valence-corrected chi connectivity index (χ0v) is 11.1. The third-order valence-electron chi connectivity index (χ3n) is 2.23. The van der Waals surface area contributed by atoms with E-state index < -0.39 is 0 Å². The average molecular weight is 286 g/mol. The molecule has 0 spiro atoms. The third kappa shape index (κ3) is 4.23. The highest BCUT2D eigenvalue weighted by molar-refractivity contribution is 9.09. The lowest BCUT2D eigenvalue weighted by molar-refractivity contribution is -0.119. The monoisotopic (exact) mass is 285 g/mol. The van der Waals surface area contributed by atoms with E-state index >= 15 is 0 Å². The summed E-state index contributed by atoms with van der Waals surface area (Å²) in [6, 6.07) is 8.01. The van der Waals surface area contributed by atoms with E-state index in [1.807, 2.05) is 31.2 Å². The molecule has 16 heavy (non-hydrogen) atoms. The molecule has 0 aliphatic heterocycles. The summed E-state index contributed by atoms with van der Waals surface area (Å²) < 4.78 is 5.08. The fourth-order valence-corrected chi connectivity index (χ4v) is 1.64. The topological polar surface area (TPSA) is 38.3 Å². The molecule has 1 rings (SSSR count). The van der Waals surface area contributed by atoms with Crippen LogP contribution >= 0.6 is 15.9 Å². The zero-order valence-electron chi connectivity index (χ0n) is 9.50. The largest absolute Gasteiger partial charge is 0.497 e. The van der Waals surface area contributed by atoms with Crippen LogP contribution in [0.25, 0.3) is 0 Å². The Hall–Kier alpha value is -1.03. The molecule has 88 valence electrons. The van der Waals surface area contributed by atoms with Gasteiger partial charge >= 0.3 is 0 Å². The van der Waals surface area contributed by atoms with Crippen LogP contribution in [-0.4, -0.2) is 24.4 Å². The van der Waals surface area contributed by atoms with E-state index in [-0.39, 0.29) is 11.9 Å². The lowest BCUT2D eigenvalue weighted by Crippen LogP contribution is -2.34. The number of methoxy groups -OCH3 is 1. The summed E-state index contributed by atoms with van der Waals surface area (Å²) in [5.74, 6) is 0.863. The van der Waals surface area contributed by atoms with Crippen molar-refractivity contribution in [3.8, 4) is 5.75 Å². The van der Waals surface area contributed by atoms with E-state index in [4.69, 9.17) is 4.74 Å². The number of alkyl halides is 1. The number of hydrogen-bond donors (Lipinski definition) is 1. The first-order chi connectivity index (χ1) is 7.65. The van der Waals surface area contributed by atoms with E-state index in [0.29, 0.717) is 5.33 Å². The Labute approximate surface area is 104 Å². The van der Waals surface area contributed by atoms with Gasteiger partial charge in [-0.1, -0.05) is 28.1 Å². The molecule has 0 bridgehead atoms. The summed E-state index contributed by atoms with van der Waals surface area (Å²) in [6.07, 6.45) is 0.822. The van der Waals surface area contributed by atoms with E-state index in [2.05, 4.69) is 21.2 Å². The second kappa shape index (κ2) is 6.53. The van der Waals surface area contributed by atoms with Crippen LogP contribution in [0, 0.1) is 0 Å². The van der Waals surface area contributed by atoms with Crippen molar-refractivity contribution >= 4 is 21.8 Å². The van der Waals surface area contributed by atoms with Crippen LogP contribution in [0.1, 0.15) is 12.5 Å². The van der Waals surface area contributed by atoms with Crippen LogP contribution in [0.15, 0.2) is 24.3 Å². The van der Waals surface area contributed by atoms with Crippen LogP contribution < -0.4 is 10.1 Å². The molecule has 3 nitrogen and oxygen atoms in total. The van der Waals surface area contributed by atoms with Gasteiger partial charge in [0.05, 0.1) is 12.4 Å². The summed E-state index contributed by atoms with van der Waals surface area (Å²) in [5.41, 5.74) is 1.18. The first-order valence-corrected chi connectivity index (χ1v) is 6.26. The molecule has 0 saturated carbocycles. The van der Waals surface area contributed by atoms with Gasteiger partial charge < -0.3 is 10.1 Å². The summed E-state index contributed by atoms with van der Waals surface area (Å²) in [4.78, 5) is 11.1. The van der Waals surface area contributed by atoms with Gasteiger partial charge in [-0.3, -0.25) is 4.79 Å². The lowest BCUT2D eigenvalue weighted by Gasteiger charge is -2.13. The standard InChI is InChI=1S/C12H16BrNO2/c1-9(14-12(15)8-13)7-10-3-5-11(16-2)6-4-10/h3-6,9H,7-8H2,1-2H3,(H,14,15)/t9-/m1/s1. The van der Waals surface area contributed by atoms with Crippen molar-refractivity contribution in [2.75, 3.05) is 12.4 Å². The number of carbonyl (C=O) groups is 1. The van der Waals surface area contributed by atoms with E-state index in [1.165, 1.54) is 5.56 Å². The van der Waals surface area contributed by atoms with Gasteiger partial charge in [-0.2, -0.15) is 0 Å². The van der Waals surface area contributed by atoms with Crippen LogP contribution in [0.2, 0.25) is 0 Å². The molecule has 0 fully saturated rings. The minimum absolute atomic E-state index is 0.0148. The molecule has 1 aromatic rings. The van der Waals surface area contributed by atoms with Crippen molar-refractivity contribution in [2.45, 2.75) is 19.4 Å². The highest BCUT2D eigenvalue weighted by atomic mass is 79.9. The summed E-state index contributed by atoms with van der Waals surface area (Å²) >= 11 is 3.12. The minimum Gasteiger partial charge on any atom is -0.497 e. The molecule has 1 N–H and O–H groups in total. The Morgan fingerprint density at radius 2 is 2.06 bits per heavy atom. The highest BCUT2D eigenvalue weighted by Gasteiger charge is 2.06. The Morgan fingerprint density at radius 3 is 2.56 bits per heavy atom. The van der Waals surface area contributed by atoms with Crippen LogP contribution in [0.3, 0.4) is 0 Å². The fourth-order valence-electron chi connectivity index (χ4n) is 1.48. The molecule has 0 saturated heterocycles. The minimum atomic E-state index is 0.0148. The van der Waals surface area contributed by atoms with Gasteiger partial charge in [0.15, 0.2) is 0 Å². The molecule has 1 atom stereocenters. The normalized spacial score (nSPS) is 11.9. The first kappa shape index (κ1) is 13.0. The van der Waals surface area contributed by atoms with Crippen LogP contribution in [0.4, 0.5) is 0 Å². The molecular weight excluding hydrogens is 270 g/mol. The Kier molecular flexibility index (Phi) is 5.32. The second-order valence-electron chi connectivity index (χ2n) is 3.65. The van der Waals surface area contributed by atoms with Crippen LogP contribution in [-0.2, 0) is 11.2 Å². The maximum Gasteiger partial charge on any atom is 0.230 e. The maximum atomic E-state index is 11.1. The summed E-state index contributed by atoms with van der Waals surface area (Å²) in [6.45, 7) is 1.99. The molecule has 0 unspecified atom stereocenters. The van der Waals surface area contributed by atoms with E-state index in [1.54, 1.807) is 7.11 Å². The maximum absolute atomic E-state index is 11.1. The van der Waals surface area contributed by atoms with Crippen LogP contribution in [0.5, 0.6) is 5.75 Å². The van der Waals surface area contributed by atoms with Crippen molar-refractivity contribution in [1.82, 2.24) is 5.32 Å². The van der Waals surface area contributed by atoms with Gasteiger partial charge in [-0.15, -0.1) is 0 Å². The molecule has 1 amide bonds. The predicted octanol–water partition coefficient (Wildman–Crippen LogP) is 2.14. The predicted molar refractivity (Wildman–Crippen MR) is 68.1 cm³/mol. The zero-order chi connectivity index (χ0) is 12.0. The Morgan fingerprint density at radius 1 is 1.44 bits per heavy atom. The van der Waals surface area contributed by atoms with Gasteiger partial charge in [0, 0.05) is 6.04 Å². The summed E-state index contributed by atoms with van der Waals surface area (Å²) in [5, 5.41) is 3.24. The van der Waals surface area contributed by atoms with Crippen molar-refractivity contribution in [2.24, 2.45) is 0 Å². The number of benzene rings is 1. The second-order valence-corrected chi connectivity index (χ2v) is 4.22. The van der Waals surface area contributed by atoms with Gasteiger partial charge in [0.2, 0.25) is 5.91 Å². The van der Waals surface area contributed by atoms with E-state index in [0.717, 1.165) is 12.2 Å². The molecule has 4 heteroatoms. The fraction of sp³-hybridized carbons (Fsp3) is 0.417. The summed E-state index contributed by atoms with van der Waals surface area (Å²) in [7, 11) is 1.65. The van der Waals surface area contributed by atoms with Gasteiger partial charge in [-0.25, -0.2) is 0 Å². The molecule has 0 aromatic heterocycles. The lowest BCUT2D eigenvalue weighted by atomic mass is 10.1. The molecule has 0 heterocycles. The number of ether oxygens (including phenoxy) is 1. The number of hydrogen-bond acceptors (Lipinski definition) is 2. The first-order valence-electron chi connectivity index (χ1n) is 5.14. The number of carbonyl (C=O) groups excluding carboxylic acids is 1. The molecule has 0 aliphatic carbocycles. The highest BCUT2D eigenvalue weighted by Crippen LogP contribution is 2.12. The van der Waals surface area contributed by atoms with Gasteiger partial charge in [-0.05, 0) is 31.0 Å². The van der Waals surface area contributed by atoms with Crippen molar-refractivity contribution in [3.05, 3.63) is 29.8 Å². The molecular formula is C12H16BrNO2. The number of nitrogens with one attached hydrogen (secondary N) is 1. The molecule has 1 aromatic carbocycles. The van der Waals surface area contributed by atoms with E-state index in [9.17, 15) is 4.79 Å². The van der Waals surface area contributed by atoms with Crippen molar-refractivity contribution in [3.63, 3.8) is 0 Å². The average Bonchev–Trinajstić information content (AvgIpc) is 2.29. The smallest absolute Gasteiger partial charge is 0.230 e. The SMILES string of the molecule is COc1ccc(C[C@@H](C)NC(=O)CBr)cc1. The van der Waals surface area contributed by atoms with Gasteiger partial charge in [0.1, 0.15) is 5.75 Å². The third-order valence-corrected chi connectivity index (χ3v) is 2.74. The molecule has 0 radical (unpaired) electrons. The number of halogens is 1. The van der Waals surface area contributed by atoms with Crippen molar-refractivity contribution in [1.29, 1.82) is 0 Å². The Balaban J connectivity index is 2.49. The van der Waals surface area contributed by atoms with Gasteiger partial charge in [0.25, 0.3) is 0 Å². The quantitative estimate of drug-likeness (QED) is 0.842.